The van der Waals surface area contributed by atoms with Gasteiger partial charge in [-0.25, -0.2) is 0 Å². The fraction of sp³-hybridized carbons (Fsp3) is 0.750. The topological polar surface area (TPSA) is 43.5 Å². The third-order valence-corrected chi connectivity index (χ3v) is 1.62. The molecule has 2 rings (SSSR count). The van der Waals surface area contributed by atoms with Gasteiger partial charge in [0.2, 0.25) is 0 Å². The minimum atomic E-state index is 0.307. The zero-order valence-electron chi connectivity index (χ0n) is 6.77. The summed E-state index contributed by atoms with van der Waals surface area (Å²) in [5, 5.41) is 0. The highest BCUT2D eigenvalue weighted by atomic mass is 16.6. The van der Waals surface area contributed by atoms with E-state index >= 15 is 0 Å². The number of hydrogen-bond acceptors (Lipinski definition) is 4. The smallest absolute Gasteiger partial charge is 0.117 e. The summed E-state index contributed by atoms with van der Waals surface area (Å²) < 4.78 is 20.1. The van der Waals surface area contributed by atoms with Crippen molar-refractivity contribution in [1.82, 2.24) is 0 Å². The standard InChI is InChI=1S/C8H12O4/c1(9-3-7-5-11-7)2-10-4-8-6-12-8/h1-2,7-8H,3-6H2/b2-1+. The summed E-state index contributed by atoms with van der Waals surface area (Å²) >= 11 is 0. The van der Waals surface area contributed by atoms with E-state index in [1.165, 1.54) is 0 Å². The van der Waals surface area contributed by atoms with E-state index in [-0.39, 0.29) is 0 Å². The lowest BCUT2D eigenvalue weighted by atomic mass is 10.5. The molecule has 0 amide bonds. The van der Waals surface area contributed by atoms with E-state index in [9.17, 15) is 0 Å². The quantitative estimate of drug-likeness (QED) is 0.426. The van der Waals surface area contributed by atoms with Gasteiger partial charge >= 0.3 is 0 Å². The lowest BCUT2D eigenvalue weighted by Crippen LogP contribution is -1.97. The maximum absolute atomic E-state index is 5.09. The van der Waals surface area contributed by atoms with Gasteiger partial charge in [-0.3, -0.25) is 0 Å². The van der Waals surface area contributed by atoms with Gasteiger partial charge in [-0.15, -0.1) is 0 Å². The molecule has 2 unspecified atom stereocenters. The van der Waals surface area contributed by atoms with Gasteiger partial charge in [0.15, 0.2) is 0 Å². The molecule has 2 heterocycles. The molecule has 0 bridgehead atoms. The molecule has 2 fully saturated rings. The van der Waals surface area contributed by atoms with Crippen molar-refractivity contribution < 1.29 is 18.9 Å². The molecular formula is C8H12O4. The van der Waals surface area contributed by atoms with Crippen LogP contribution in [0.25, 0.3) is 0 Å². The normalized spacial score (nSPS) is 32.0. The third kappa shape index (κ3) is 3.11. The molecule has 0 N–H and O–H groups in total. The van der Waals surface area contributed by atoms with Gasteiger partial charge in [0, 0.05) is 0 Å². The highest BCUT2D eigenvalue weighted by molar-refractivity contribution is 4.72. The van der Waals surface area contributed by atoms with Gasteiger partial charge in [-0.2, -0.15) is 0 Å². The molecule has 68 valence electrons. The van der Waals surface area contributed by atoms with Crippen molar-refractivity contribution in [2.45, 2.75) is 12.2 Å². The van der Waals surface area contributed by atoms with Crippen LogP contribution in [0.15, 0.2) is 12.5 Å². The Morgan fingerprint density at radius 1 is 1.00 bits per heavy atom. The average Bonchev–Trinajstić information content (AvgIpc) is 2.89. The maximum atomic E-state index is 5.09. The monoisotopic (exact) mass is 172 g/mol. The molecule has 0 aromatic heterocycles. The Bertz CT molecular complexity index is 142. The molecule has 2 aliphatic heterocycles. The zero-order chi connectivity index (χ0) is 8.23. The van der Waals surface area contributed by atoms with E-state index in [0.717, 1.165) is 13.2 Å². The first-order valence-electron chi connectivity index (χ1n) is 4.06. The Morgan fingerprint density at radius 2 is 1.42 bits per heavy atom. The van der Waals surface area contributed by atoms with Crippen LogP contribution in [0.3, 0.4) is 0 Å². The van der Waals surface area contributed by atoms with Gasteiger partial charge in [0.25, 0.3) is 0 Å². The zero-order valence-corrected chi connectivity index (χ0v) is 6.77. The molecule has 2 aliphatic rings. The lowest BCUT2D eigenvalue weighted by Gasteiger charge is -1.96. The molecular weight excluding hydrogens is 160 g/mol. The van der Waals surface area contributed by atoms with Gasteiger partial charge < -0.3 is 18.9 Å². The molecule has 0 saturated carbocycles. The van der Waals surface area contributed by atoms with Crippen LogP contribution >= 0.6 is 0 Å². The van der Waals surface area contributed by atoms with Crippen LogP contribution in [-0.2, 0) is 18.9 Å². The molecule has 2 saturated heterocycles. The van der Waals surface area contributed by atoms with Crippen LogP contribution in [0.4, 0.5) is 0 Å². The molecule has 0 aromatic carbocycles. The second kappa shape index (κ2) is 3.78. The van der Waals surface area contributed by atoms with E-state index in [4.69, 9.17) is 18.9 Å². The number of rotatable bonds is 6. The summed E-state index contributed by atoms with van der Waals surface area (Å²) in [6.07, 6.45) is 3.71. The van der Waals surface area contributed by atoms with Crippen LogP contribution in [0.2, 0.25) is 0 Å². The average molecular weight is 172 g/mol. The molecule has 4 heteroatoms. The van der Waals surface area contributed by atoms with E-state index in [1.54, 1.807) is 12.5 Å². The molecule has 12 heavy (non-hydrogen) atoms. The minimum Gasteiger partial charge on any atom is -0.495 e. The van der Waals surface area contributed by atoms with Crippen LogP contribution < -0.4 is 0 Å². The second-order valence-corrected chi connectivity index (χ2v) is 2.85. The Hall–Kier alpha value is -0.740. The molecule has 0 aromatic rings. The molecule has 4 nitrogen and oxygen atoms in total. The van der Waals surface area contributed by atoms with Crippen LogP contribution in [0.1, 0.15) is 0 Å². The summed E-state index contributed by atoms with van der Waals surface area (Å²) in [7, 11) is 0. The predicted octanol–water partition coefficient (Wildman–Crippen LogP) is 0.288. The van der Waals surface area contributed by atoms with E-state index in [0.29, 0.717) is 25.4 Å². The Labute approximate surface area is 71.0 Å². The Balaban J connectivity index is 1.41. The summed E-state index contributed by atoms with van der Waals surface area (Å²) in [6.45, 7) is 2.90. The minimum absolute atomic E-state index is 0.307. The van der Waals surface area contributed by atoms with Crippen molar-refractivity contribution >= 4 is 0 Å². The molecule has 0 aliphatic carbocycles. The first kappa shape index (κ1) is 7.89. The fourth-order valence-electron chi connectivity index (χ4n) is 0.733. The SMILES string of the molecule is C(=C\OCC1CO1)/OCC1CO1. The lowest BCUT2D eigenvalue weighted by molar-refractivity contribution is 0.176. The van der Waals surface area contributed by atoms with Gasteiger partial charge in [-0.1, -0.05) is 0 Å². The van der Waals surface area contributed by atoms with Crippen molar-refractivity contribution in [2.24, 2.45) is 0 Å². The summed E-state index contributed by atoms with van der Waals surface area (Å²) in [5.74, 6) is 0. The van der Waals surface area contributed by atoms with Gasteiger partial charge in [-0.05, 0) is 0 Å². The third-order valence-electron chi connectivity index (χ3n) is 1.62. The fourth-order valence-corrected chi connectivity index (χ4v) is 0.733. The molecule has 0 radical (unpaired) electrons. The summed E-state index contributed by atoms with van der Waals surface area (Å²) in [4.78, 5) is 0. The summed E-state index contributed by atoms with van der Waals surface area (Å²) in [6, 6.07) is 0. The van der Waals surface area contributed by atoms with E-state index in [1.807, 2.05) is 0 Å². The highest BCUT2D eigenvalue weighted by Gasteiger charge is 2.23. The largest absolute Gasteiger partial charge is 0.495 e. The van der Waals surface area contributed by atoms with E-state index in [2.05, 4.69) is 0 Å². The van der Waals surface area contributed by atoms with Crippen molar-refractivity contribution in [3.05, 3.63) is 12.5 Å². The van der Waals surface area contributed by atoms with Crippen LogP contribution in [0, 0.1) is 0 Å². The molecule has 2 atom stereocenters. The van der Waals surface area contributed by atoms with Crippen molar-refractivity contribution in [2.75, 3.05) is 26.4 Å². The first-order chi connectivity index (χ1) is 5.95. The number of epoxide rings is 2. The first-order valence-corrected chi connectivity index (χ1v) is 4.06. The van der Waals surface area contributed by atoms with Crippen LogP contribution in [0.5, 0.6) is 0 Å². The second-order valence-electron chi connectivity index (χ2n) is 2.85. The maximum Gasteiger partial charge on any atom is 0.117 e. The summed E-state index contributed by atoms with van der Waals surface area (Å²) in [5.41, 5.74) is 0. The predicted molar refractivity (Wildman–Crippen MR) is 40.5 cm³/mol. The highest BCUT2D eigenvalue weighted by Crippen LogP contribution is 2.09. The van der Waals surface area contributed by atoms with Gasteiger partial charge in [0.05, 0.1) is 13.2 Å². The molecule has 0 spiro atoms. The Morgan fingerprint density at radius 3 is 1.75 bits per heavy atom. The van der Waals surface area contributed by atoms with Crippen molar-refractivity contribution in [3.8, 4) is 0 Å². The van der Waals surface area contributed by atoms with Crippen LogP contribution in [-0.4, -0.2) is 38.6 Å². The number of ether oxygens (including phenoxy) is 4. The van der Waals surface area contributed by atoms with Gasteiger partial charge in [0.1, 0.15) is 37.9 Å². The van der Waals surface area contributed by atoms with Crippen molar-refractivity contribution in [1.29, 1.82) is 0 Å². The Kier molecular flexibility index (Phi) is 2.48. The van der Waals surface area contributed by atoms with Crippen molar-refractivity contribution in [3.63, 3.8) is 0 Å². The number of hydrogen-bond donors (Lipinski definition) is 0. The van der Waals surface area contributed by atoms with E-state index < -0.39 is 0 Å².